The van der Waals surface area contributed by atoms with Crippen LogP contribution in [-0.4, -0.2) is 77.3 Å². The molecule has 2 aromatic carbocycles. The summed E-state index contributed by atoms with van der Waals surface area (Å²) in [7, 11) is 0. The molecular weight excluding hydrogens is 649 g/mol. The van der Waals surface area contributed by atoms with Crippen molar-refractivity contribution in [1.82, 2.24) is 9.80 Å². The van der Waals surface area contributed by atoms with Crippen LogP contribution in [0.5, 0.6) is 0 Å². The van der Waals surface area contributed by atoms with E-state index in [1.54, 1.807) is 0 Å². The maximum absolute atomic E-state index is 12.7. The first-order valence-corrected chi connectivity index (χ1v) is 15.5. The van der Waals surface area contributed by atoms with Gasteiger partial charge in [0.15, 0.2) is 0 Å². The average molecular weight is 673 g/mol. The van der Waals surface area contributed by atoms with E-state index in [9.17, 15) is 28.8 Å². The molecule has 0 atom stereocenters. The van der Waals surface area contributed by atoms with Crippen molar-refractivity contribution < 1.29 is 39.0 Å². The highest BCUT2D eigenvalue weighted by atomic mass is 32.2. The first kappa shape index (κ1) is 32.8. The molecule has 2 saturated heterocycles. The second-order valence-electron chi connectivity index (χ2n) is 9.38. The Morgan fingerprint density at radius 1 is 0.636 bits per heavy atom. The third kappa shape index (κ3) is 8.07. The third-order valence-corrected chi connectivity index (χ3v) is 9.54. The normalized spacial score (nSPS) is 16.5. The molecule has 2 heterocycles. The number of benzene rings is 2. The molecule has 0 aromatic heterocycles. The fraction of sp³-hybridized carbons (Fsp3) is 0.214. The number of aromatic carboxylic acids is 2. The molecule has 4 N–H and O–H groups in total. The van der Waals surface area contributed by atoms with Crippen LogP contribution in [0.15, 0.2) is 58.3 Å². The Bertz CT molecular complexity index is 1470. The van der Waals surface area contributed by atoms with Crippen LogP contribution in [0.25, 0.3) is 0 Å². The monoisotopic (exact) mass is 672 g/mol. The lowest BCUT2D eigenvalue weighted by molar-refractivity contribution is -0.117. The lowest BCUT2D eigenvalue weighted by atomic mass is 10.2. The number of nitrogens with one attached hydrogen (secondary N) is 2. The van der Waals surface area contributed by atoms with Crippen LogP contribution in [0, 0.1) is 0 Å². The van der Waals surface area contributed by atoms with Crippen LogP contribution in [0.2, 0.25) is 0 Å². The molecule has 2 aromatic rings. The van der Waals surface area contributed by atoms with E-state index in [0.717, 1.165) is 23.5 Å². The standard InChI is InChI=1S/C28H24N4O8S4/c33-19(29-17-9-5-15(6-10-17)25(35)36)3-1-13-31-23(41)21(43-27(31)39)22-24(42)32(28(40)44-22)14-2-4-20(34)30-18-11-7-16(8-12-18)26(37)38/h5-12H,1-4,13-14H2,(H,29,33)(H,30,34)(H,35,36)(H,37,38). The van der Waals surface area contributed by atoms with Gasteiger partial charge in [0.05, 0.1) is 20.9 Å². The SMILES string of the molecule is O=C(CCCN1C(=O)SC(=C2SC(=O)N(CCCC(=O)Nc3ccc(C(=O)O)cc3)C2=S)C1=S)Nc1ccc(C(=O)O)cc1. The highest BCUT2D eigenvalue weighted by Gasteiger charge is 2.40. The van der Waals surface area contributed by atoms with E-state index in [0.29, 0.717) is 34.0 Å². The van der Waals surface area contributed by atoms with Gasteiger partial charge in [-0.3, -0.25) is 29.0 Å². The minimum absolute atomic E-state index is 0.0876. The Morgan fingerprint density at radius 3 is 1.30 bits per heavy atom. The number of anilines is 2. The summed E-state index contributed by atoms with van der Waals surface area (Å²) in [6.45, 7) is 0.353. The molecule has 0 unspecified atom stereocenters. The van der Waals surface area contributed by atoms with Gasteiger partial charge in [-0.2, -0.15) is 0 Å². The predicted molar refractivity (Wildman–Crippen MR) is 174 cm³/mol. The van der Waals surface area contributed by atoms with E-state index in [2.05, 4.69) is 10.6 Å². The van der Waals surface area contributed by atoms with Crippen molar-refractivity contribution in [1.29, 1.82) is 0 Å². The molecule has 44 heavy (non-hydrogen) atoms. The number of hydrogen-bond donors (Lipinski definition) is 4. The van der Waals surface area contributed by atoms with Gasteiger partial charge in [0.1, 0.15) is 9.98 Å². The minimum atomic E-state index is -1.07. The van der Waals surface area contributed by atoms with E-state index in [4.69, 9.17) is 34.6 Å². The Labute approximate surface area is 270 Å². The van der Waals surface area contributed by atoms with Crippen LogP contribution < -0.4 is 10.6 Å². The first-order valence-electron chi connectivity index (χ1n) is 13.0. The molecule has 2 fully saturated rings. The summed E-state index contributed by atoms with van der Waals surface area (Å²) in [4.78, 5) is 76.0. The van der Waals surface area contributed by atoms with Crippen molar-refractivity contribution in [2.45, 2.75) is 25.7 Å². The number of carboxylic acids is 2. The number of carbonyl (C=O) groups is 6. The van der Waals surface area contributed by atoms with Gasteiger partial charge in [0.25, 0.3) is 10.5 Å². The largest absolute Gasteiger partial charge is 0.478 e. The van der Waals surface area contributed by atoms with Crippen LogP contribution in [0.4, 0.5) is 21.0 Å². The minimum Gasteiger partial charge on any atom is -0.478 e. The van der Waals surface area contributed by atoms with Crippen molar-refractivity contribution in [3.8, 4) is 0 Å². The Balaban J connectivity index is 1.25. The molecule has 4 rings (SSSR count). The molecule has 0 saturated carbocycles. The lowest BCUT2D eigenvalue weighted by Gasteiger charge is -2.16. The van der Waals surface area contributed by atoms with Gasteiger partial charge in [-0.1, -0.05) is 24.4 Å². The summed E-state index contributed by atoms with van der Waals surface area (Å²) in [5, 5.41) is 22.6. The molecule has 0 bridgehead atoms. The van der Waals surface area contributed by atoms with Crippen molar-refractivity contribution in [2.75, 3.05) is 23.7 Å². The summed E-state index contributed by atoms with van der Waals surface area (Å²) in [6, 6.07) is 11.5. The van der Waals surface area contributed by atoms with Gasteiger partial charge in [0, 0.05) is 37.3 Å². The van der Waals surface area contributed by atoms with Crippen molar-refractivity contribution >= 4 is 104 Å². The molecule has 4 amide bonds. The summed E-state index contributed by atoms with van der Waals surface area (Å²) in [5.74, 6) is -2.76. The molecule has 228 valence electrons. The second-order valence-corrected chi connectivity index (χ2v) is 12.1. The molecule has 2 aliphatic heterocycles. The van der Waals surface area contributed by atoms with E-state index in [-0.39, 0.29) is 69.3 Å². The third-order valence-electron chi connectivity index (χ3n) is 6.31. The number of thioether (sulfide) groups is 2. The average Bonchev–Trinajstić information content (AvgIpc) is 3.42. The van der Waals surface area contributed by atoms with Crippen LogP contribution in [0.1, 0.15) is 46.4 Å². The van der Waals surface area contributed by atoms with Gasteiger partial charge in [-0.25, -0.2) is 9.59 Å². The number of carbonyl (C=O) groups excluding carboxylic acids is 4. The number of amides is 4. The zero-order valence-corrected chi connectivity index (χ0v) is 26.0. The van der Waals surface area contributed by atoms with Crippen molar-refractivity contribution in [2.24, 2.45) is 0 Å². The Hall–Kier alpha value is -4.12. The van der Waals surface area contributed by atoms with Gasteiger partial charge in [-0.05, 0) is 84.9 Å². The molecule has 0 radical (unpaired) electrons. The number of carboxylic acid groups (broad SMARTS) is 2. The fourth-order valence-corrected chi connectivity index (χ4v) is 7.10. The zero-order chi connectivity index (χ0) is 32.0. The smallest absolute Gasteiger partial charge is 0.335 e. The molecule has 0 aliphatic carbocycles. The first-order chi connectivity index (χ1) is 20.9. The van der Waals surface area contributed by atoms with Crippen molar-refractivity contribution in [3.63, 3.8) is 0 Å². The molecule has 2 aliphatic rings. The van der Waals surface area contributed by atoms with E-state index < -0.39 is 11.9 Å². The van der Waals surface area contributed by atoms with Crippen LogP contribution >= 0.6 is 48.0 Å². The quantitative estimate of drug-likeness (QED) is 0.167. The number of thiocarbonyl (C=S) groups is 2. The predicted octanol–water partition coefficient (Wildman–Crippen LogP) is 5.42. The molecule has 12 nitrogen and oxygen atoms in total. The van der Waals surface area contributed by atoms with Gasteiger partial charge >= 0.3 is 11.9 Å². The maximum atomic E-state index is 12.7. The van der Waals surface area contributed by atoms with Gasteiger partial charge in [-0.15, -0.1) is 0 Å². The fourth-order valence-electron chi connectivity index (χ4n) is 4.09. The molecule has 16 heteroatoms. The van der Waals surface area contributed by atoms with Gasteiger partial charge < -0.3 is 20.8 Å². The maximum Gasteiger partial charge on any atom is 0.335 e. The summed E-state index contributed by atoms with van der Waals surface area (Å²) in [5.41, 5.74) is 1.10. The number of hydrogen-bond acceptors (Lipinski definition) is 10. The van der Waals surface area contributed by atoms with Crippen LogP contribution in [-0.2, 0) is 9.59 Å². The van der Waals surface area contributed by atoms with E-state index in [1.807, 2.05) is 0 Å². The van der Waals surface area contributed by atoms with Crippen LogP contribution in [0.3, 0.4) is 0 Å². The second kappa shape index (κ2) is 14.6. The highest BCUT2D eigenvalue weighted by molar-refractivity contribution is 8.23. The van der Waals surface area contributed by atoms with E-state index in [1.165, 1.54) is 58.3 Å². The Kier molecular flexibility index (Phi) is 10.9. The van der Waals surface area contributed by atoms with Gasteiger partial charge in [0.2, 0.25) is 11.8 Å². The summed E-state index contributed by atoms with van der Waals surface area (Å²) < 4.78 is 0. The van der Waals surface area contributed by atoms with Crippen molar-refractivity contribution in [3.05, 3.63) is 69.5 Å². The van der Waals surface area contributed by atoms with E-state index >= 15 is 0 Å². The topological polar surface area (TPSA) is 173 Å². The summed E-state index contributed by atoms with van der Waals surface area (Å²) >= 11 is 12.8. The number of nitrogens with zero attached hydrogens (tertiary/aromatic N) is 2. The molecule has 0 spiro atoms. The summed E-state index contributed by atoms with van der Waals surface area (Å²) in [6.07, 6.45) is 0.791. The Morgan fingerprint density at radius 2 is 0.977 bits per heavy atom. The highest BCUT2D eigenvalue weighted by Crippen LogP contribution is 2.43. The molecular formula is C28H24N4O8S4. The lowest BCUT2D eigenvalue weighted by Crippen LogP contribution is -2.30. The number of rotatable bonds is 12. The zero-order valence-electron chi connectivity index (χ0n) is 22.7.